The number of carbonyl (C=O) groups is 2. The van der Waals surface area contributed by atoms with Gasteiger partial charge in [0.1, 0.15) is 18.3 Å². The highest BCUT2D eigenvalue weighted by Crippen LogP contribution is 2.28. The molecule has 94 valence electrons. The van der Waals surface area contributed by atoms with E-state index in [1.54, 1.807) is 36.4 Å². The lowest BCUT2D eigenvalue weighted by Crippen LogP contribution is -2.34. The number of benzene rings is 1. The van der Waals surface area contributed by atoms with Gasteiger partial charge in [0.2, 0.25) is 0 Å². The van der Waals surface area contributed by atoms with Crippen LogP contribution in [0.25, 0.3) is 0 Å². The van der Waals surface area contributed by atoms with E-state index >= 15 is 0 Å². The highest BCUT2D eigenvalue weighted by Gasteiger charge is 2.34. The molecule has 0 spiro atoms. The van der Waals surface area contributed by atoms with Crippen LogP contribution >= 0.6 is 0 Å². The largest absolute Gasteiger partial charge is 0.492 e. The van der Waals surface area contributed by atoms with Crippen LogP contribution in [0.15, 0.2) is 48.8 Å². The van der Waals surface area contributed by atoms with Gasteiger partial charge in [-0.3, -0.25) is 14.6 Å². The zero-order chi connectivity index (χ0) is 13.2. The van der Waals surface area contributed by atoms with Crippen molar-refractivity contribution in [3.05, 3.63) is 59.9 Å². The average molecular weight is 253 g/mol. The van der Waals surface area contributed by atoms with Crippen LogP contribution in [0.3, 0.4) is 0 Å². The minimum absolute atomic E-state index is 0.0942. The molecule has 4 nitrogen and oxygen atoms in total. The maximum absolute atomic E-state index is 12.3. The van der Waals surface area contributed by atoms with Crippen molar-refractivity contribution in [1.29, 1.82) is 0 Å². The molecule has 1 aliphatic rings. The monoisotopic (exact) mass is 253 g/mol. The fourth-order valence-electron chi connectivity index (χ4n) is 2.14. The van der Waals surface area contributed by atoms with Gasteiger partial charge in [-0.25, -0.2) is 0 Å². The molecule has 0 saturated carbocycles. The first-order valence-corrected chi connectivity index (χ1v) is 5.97. The Morgan fingerprint density at radius 3 is 2.68 bits per heavy atom. The number of pyridine rings is 1. The molecule has 3 rings (SSSR count). The second-order valence-electron chi connectivity index (χ2n) is 4.32. The first-order valence-electron chi connectivity index (χ1n) is 5.97. The summed E-state index contributed by atoms with van der Waals surface area (Å²) in [5, 5.41) is 0. The molecule has 1 aromatic heterocycles. The van der Waals surface area contributed by atoms with Crippen molar-refractivity contribution in [2.75, 3.05) is 6.61 Å². The summed E-state index contributed by atoms with van der Waals surface area (Å²) < 4.78 is 5.49. The quantitative estimate of drug-likeness (QED) is 0.608. The molecule has 1 unspecified atom stereocenters. The molecular weight excluding hydrogens is 242 g/mol. The van der Waals surface area contributed by atoms with Gasteiger partial charge < -0.3 is 4.74 Å². The van der Waals surface area contributed by atoms with Crippen LogP contribution in [0.2, 0.25) is 0 Å². The van der Waals surface area contributed by atoms with Crippen molar-refractivity contribution in [3.8, 4) is 5.75 Å². The minimum atomic E-state index is -0.766. The third kappa shape index (κ3) is 2.01. The Labute approximate surface area is 110 Å². The summed E-state index contributed by atoms with van der Waals surface area (Å²) in [5.41, 5.74) is 0.956. The van der Waals surface area contributed by atoms with E-state index in [0.717, 1.165) is 0 Å². The third-order valence-corrected chi connectivity index (χ3v) is 3.16. The molecule has 0 aliphatic carbocycles. The van der Waals surface area contributed by atoms with Crippen LogP contribution in [-0.4, -0.2) is 23.2 Å². The molecule has 4 heteroatoms. The van der Waals surface area contributed by atoms with Gasteiger partial charge in [-0.2, -0.15) is 0 Å². The van der Waals surface area contributed by atoms with Gasteiger partial charge in [0, 0.05) is 18.0 Å². The Bertz CT molecular complexity index is 637. The second kappa shape index (κ2) is 4.65. The second-order valence-corrected chi connectivity index (χ2v) is 4.32. The fraction of sp³-hybridized carbons (Fsp3) is 0.133. The molecule has 2 aromatic rings. The summed E-state index contributed by atoms with van der Waals surface area (Å²) in [6.07, 6.45) is 3.07. The fourth-order valence-corrected chi connectivity index (χ4v) is 2.14. The van der Waals surface area contributed by atoms with Crippen LogP contribution in [0.5, 0.6) is 5.75 Å². The normalized spacial score (nSPS) is 17.5. The van der Waals surface area contributed by atoms with Crippen molar-refractivity contribution < 1.29 is 14.3 Å². The number of ether oxygens (including phenoxy) is 1. The van der Waals surface area contributed by atoms with Gasteiger partial charge in [0.15, 0.2) is 11.6 Å². The van der Waals surface area contributed by atoms with E-state index in [1.165, 1.54) is 12.4 Å². The van der Waals surface area contributed by atoms with Gasteiger partial charge in [-0.05, 0) is 24.3 Å². The lowest BCUT2D eigenvalue weighted by Gasteiger charge is -2.23. The van der Waals surface area contributed by atoms with Crippen molar-refractivity contribution in [1.82, 2.24) is 4.98 Å². The van der Waals surface area contributed by atoms with Gasteiger partial charge in [-0.15, -0.1) is 0 Å². The Kier molecular flexibility index (Phi) is 2.83. The number of aromatic nitrogens is 1. The Morgan fingerprint density at radius 1 is 1.16 bits per heavy atom. The number of fused-ring (bicyclic) bond motifs is 1. The van der Waals surface area contributed by atoms with E-state index in [0.29, 0.717) is 16.9 Å². The van der Waals surface area contributed by atoms with Crippen LogP contribution in [0, 0.1) is 5.92 Å². The number of ketones is 2. The zero-order valence-corrected chi connectivity index (χ0v) is 10.1. The number of carbonyl (C=O) groups excluding carboxylic acids is 2. The van der Waals surface area contributed by atoms with Gasteiger partial charge >= 0.3 is 0 Å². The van der Waals surface area contributed by atoms with Gasteiger partial charge in [0.25, 0.3) is 0 Å². The highest BCUT2D eigenvalue weighted by atomic mass is 16.5. The van der Waals surface area contributed by atoms with Crippen molar-refractivity contribution in [3.63, 3.8) is 0 Å². The van der Waals surface area contributed by atoms with Crippen LogP contribution in [0.4, 0.5) is 0 Å². The van der Waals surface area contributed by atoms with Gasteiger partial charge in [0.05, 0.1) is 5.56 Å². The Morgan fingerprint density at radius 2 is 1.89 bits per heavy atom. The lowest BCUT2D eigenvalue weighted by atomic mass is 9.89. The molecule has 1 aliphatic heterocycles. The number of rotatable bonds is 2. The summed E-state index contributed by atoms with van der Waals surface area (Å²) in [7, 11) is 0. The van der Waals surface area contributed by atoms with Crippen molar-refractivity contribution in [2.45, 2.75) is 0 Å². The van der Waals surface area contributed by atoms with E-state index in [1.807, 2.05) is 0 Å². The van der Waals surface area contributed by atoms with Crippen LogP contribution < -0.4 is 4.74 Å². The molecule has 1 atom stereocenters. The molecule has 19 heavy (non-hydrogen) atoms. The zero-order valence-electron chi connectivity index (χ0n) is 10.1. The van der Waals surface area contributed by atoms with E-state index in [2.05, 4.69) is 4.98 Å². The van der Waals surface area contributed by atoms with Crippen molar-refractivity contribution >= 4 is 11.6 Å². The number of para-hydroxylation sites is 1. The van der Waals surface area contributed by atoms with E-state index in [4.69, 9.17) is 4.74 Å². The molecule has 1 aromatic carbocycles. The minimum Gasteiger partial charge on any atom is -0.492 e. The van der Waals surface area contributed by atoms with Gasteiger partial charge in [-0.1, -0.05) is 12.1 Å². The molecule has 0 saturated heterocycles. The number of Topliss-reactive ketones (excluding diaryl/α,β-unsaturated/α-hetero) is 2. The SMILES string of the molecule is O=C(c1ccncc1)C1COc2ccccc2C1=O. The van der Waals surface area contributed by atoms with Crippen LogP contribution in [0.1, 0.15) is 20.7 Å². The first-order chi connectivity index (χ1) is 9.27. The summed E-state index contributed by atoms with van der Waals surface area (Å²) in [6.45, 7) is 0.0942. The number of hydrogen-bond donors (Lipinski definition) is 0. The summed E-state index contributed by atoms with van der Waals surface area (Å²) in [4.78, 5) is 28.5. The standard InChI is InChI=1S/C15H11NO3/c17-14(10-5-7-16-8-6-10)12-9-19-13-4-2-1-3-11(13)15(12)18/h1-8,12H,9H2. The Hall–Kier alpha value is -2.49. The molecule has 0 amide bonds. The molecular formula is C15H11NO3. The summed E-state index contributed by atoms with van der Waals surface area (Å²) >= 11 is 0. The summed E-state index contributed by atoms with van der Waals surface area (Å²) in [5.74, 6) is -0.617. The predicted octanol–water partition coefficient (Wildman–Crippen LogP) is 2.16. The van der Waals surface area contributed by atoms with E-state index in [-0.39, 0.29) is 18.2 Å². The summed E-state index contributed by atoms with van der Waals surface area (Å²) in [6, 6.07) is 10.2. The molecule has 0 fully saturated rings. The smallest absolute Gasteiger partial charge is 0.180 e. The highest BCUT2D eigenvalue weighted by molar-refractivity contribution is 6.17. The molecule has 0 bridgehead atoms. The van der Waals surface area contributed by atoms with Crippen LogP contribution in [-0.2, 0) is 0 Å². The van der Waals surface area contributed by atoms with E-state index < -0.39 is 5.92 Å². The molecule has 0 N–H and O–H groups in total. The maximum atomic E-state index is 12.3. The number of hydrogen-bond acceptors (Lipinski definition) is 4. The molecule has 2 heterocycles. The van der Waals surface area contributed by atoms with E-state index in [9.17, 15) is 9.59 Å². The average Bonchev–Trinajstić information content (AvgIpc) is 2.48. The van der Waals surface area contributed by atoms with Crippen molar-refractivity contribution in [2.24, 2.45) is 5.92 Å². The topological polar surface area (TPSA) is 56.3 Å². The third-order valence-electron chi connectivity index (χ3n) is 3.16. The first kappa shape index (κ1) is 11.6. The molecule has 0 radical (unpaired) electrons. The predicted molar refractivity (Wildman–Crippen MR) is 68.3 cm³/mol. The lowest BCUT2D eigenvalue weighted by molar-refractivity contribution is 0.0723. The maximum Gasteiger partial charge on any atom is 0.180 e. The number of nitrogens with zero attached hydrogens (tertiary/aromatic N) is 1. The Balaban J connectivity index is 1.93.